The van der Waals surface area contributed by atoms with Crippen molar-refractivity contribution in [1.29, 1.82) is 0 Å². The van der Waals surface area contributed by atoms with Crippen molar-refractivity contribution in [2.45, 2.75) is 44.9 Å². The van der Waals surface area contributed by atoms with Crippen molar-refractivity contribution in [2.24, 2.45) is 0 Å². The van der Waals surface area contributed by atoms with E-state index in [-0.39, 0.29) is 12.1 Å². The monoisotopic (exact) mass is 207 g/mol. The first-order valence-corrected chi connectivity index (χ1v) is 5.74. The van der Waals surface area contributed by atoms with Crippen molar-refractivity contribution in [3.63, 3.8) is 0 Å². The molecule has 82 valence electrons. The van der Waals surface area contributed by atoms with Crippen molar-refractivity contribution in [3.05, 3.63) is 17.2 Å². The van der Waals surface area contributed by atoms with Gasteiger partial charge in [-0.15, -0.1) is 0 Å². The minimum absolute atomic E-state index is 0.0584. The third-order valence-corrected chi connectivity index (χ3v) is 3.60. The van der Waals surface area contributed by atoms with Crippen molar-refractivity contribution in [2.75, 3.05) is 6.54 Å². The van der Waals surface area contributed by atoms with Gasteiger partial charge in [0.05, 0.1) is 17.8 Å². The number of aromatic nitrogens is 2. The predicted octanol–water partition coefficient (Wildman–Crippen LogP) is 0.533. The number of aliphatic hydroxyl groups excluding tert-OH is 1. The number of imidazole rings is 1. The Morgan fingerprint density at radius 3 is 3.07 bits per heavy atom. The van der Waals surface area contributed by atoms with Gasteiger partial charge in [-0.3, -0.25) is 0 Å². The van der Waals surface area contributed by atoms with Crippen LogP contribution in [-0.4, -0.2) is 27.3 Å². The van der Waals surface area contributed by atoms with Gasteiger partial charge in [0.15, 0.2) is 0 Å². The summed E-state index contributed by atoms with van der Waals surface area (Å²) in [7, 11) is 0. The summed E-state index contributed by atoms with van der Waals surface area (Å²) in [6.45, 7) is 4.11. The number of aliphatic hydroxyl groups is 1. The lowest BCUT2D eigenvalue weighted by Crippen LogP contribution is -2.22. The van der Waals surface area contributed by atoms with Gasteiger partial charge in [0.1, 0.15) is 5.82 Å². The van der Waals surface area contributed by atoms with E-state index in [2.05, 4.69) is 21.8 Å². The molecule has 0 amide bonds. The zero-order valence-corrected chi connectivity index (χ0v) is 9.03. The Hall–Kier alpha value is -0.870. The van der Waals surface area contributed by atoms with Gasteiger partial charge in [0.25, 0.3) is 0 Å². The predicted molar refractivity (Wildman–Crippen MR) is 56.7 cm³/mol. The van der Waals surface area contributed by atoms with Gasteiger partial charge < -0.3 is 15.0 Å². The maximum Gasteiger partial charge on any atom is 0.109 e. The molecule has 0 saturated carbocycles. The maximum absolute atomic E-state index is 9.85. The van der Waals surface area contributed by atoms with Crippen LogP contribution in [0.5, 0.6) is 0 Å². The number of hydrogen-bond donors (Lipinski definition) is 2. The van der Waals surface area contributed by atoms with Crippen molar-refractivity contribution >= 4 is 0 Å². The van der Waals surface area contributed by atoms with Crippen LogP contribution in [-0.2, 0) is 13.0 Å². The quantitative estimate of drug-likeness (QED) is 0.706. The largest absolute Gasteiger partial charge is 0.391 e. The smallest absolute Gasteiger partial charge is 0.109 e. The molecule has 15 heavy (non-hydrogen) atoms. The number of hydrogen-bond acceptors (Lipinski definition) is 3. The lowest BCUT2D eigenvalue weighted by Gasteiger charge is -2.13. The van der Waals surface area contributed by atoms with E-state index in [4.69, 9.17) is 0 Å². The van der Waals surface area contributed by atoms with E-state index in [1.54, 1.807) is 0 Å². The summed E-state index contributed by atoms with van der Waals surface area (Å²) in [5, 5.41) is 13.2. The molecular weight excluding hydrogens is 190 g/mol. The van der Waals surface area contributed by atoms with Crippen LogP contribution in [0.3, 0.4) is 0 Å². The molecule has 0 spiro atoms. The number of aryl methyl sites for hydroxylation is 1. The normalized spacial score (nSPS) is 29.7. The Bertz CT molecular complexity index is 385. The van der Waals surface area contributed by atoms with E-state index in [0.29, 0.717) is 0 Å². The number of fused-ring (bicyclic) bond motifs is 1. The van der Waals surface area contributed by atoms with Crippen molar-refractivity contribution in [3.8, 4) is 0 Å². The van der Waals surface area contributed by atoms with Gasteiger partial charge in [-0.1, -0.05) is 0 Å². The fraction of sp³-hybridized carbons (Fsp3) is 0.727. The molecule has 1 fully saturated rings. The zero-order chi connectivity index (χ0) is 10.4. The summed E-state index contributed by atoms with van der Waals surface area (Å²) in [6.07, 6.45) is 2.87. The summed E-state index contributed by atoms with van der Waals surface area (Å²) in [5.74, 6) is 1.20. The van der Waals surface area contributed by atoms with E-state index >= 15 is 0 Å². The molecule has 0 bridgehead atoms. The molecule has 4 nitrogen and oxygen atoms in total. The zero-order valence-electron chi connectivity index (χ0n) is 9.03. The molecule has 2 aliphatic heterocycles. The first kappa shape index (κ1) is 9.36. The molecule has 2 N–H and O–H groups in total. The molecule has 2 atom stereocenters. The average molecular weight is 207 g/mol. The molecule has 0 aliphatic carbocycles. The standard InChI is InChI=1S/C11H17N3O/c1-7-10(11-8(15)4-5-12-11)13-9-3-2-6-14(7)9/h8,11-12,15H,2-6H2,1H3. The molecule has 4 heteroatoms. The van der Waals surface area contributed by atoms with Gasteiger partial charge >= 0.3 is 0 Å². The molecule has 2 unspecified atom stereocenters. The first-order chi connectivity index (χ1) is 7.27. The van der Waals surface area contributed by atoms with E-state index in [1.165, 1.54) is 17.9 Å². The van der Waals surface area contributed by atoms with Crippen LogP contribution in [0.4, 0.5) is 0 Å². The summed E-state index contributed by atoms with van der Waals surface area (Å²) in [5.41, 5.74) is 2.30. The summed E-state index contributed by atoms with van der Waals surface area (Å²) < 4.78 is 2.29. The minimum Gasteiger partial charge on any atom is -0.391 e. The lowest BCUT2D eigenvalue weighted by molar-refractivity contribution is 0.158. The van der Waals surface area contributed by atoms with Gasteiger partial charge in [-0.05, 0) is 26.3 Å². The van der Waals surface area contributed by atoms with Crippen molar-refractivity contribution in [1.82, 2.24) is 14.9 Å². The Labute approximate surface area is 89.3 Å². The van der Waals surface area contributed by atoms with Crippen LogP contribution < -0.4 is 5.32 Å². The Morgan fingerprint density at radius 2 is 2.40 bits per heavy atom. The van der Waals surface area contributed by atoms with Crippen molar-refractivity contribution < 1.29 is 5.11 Å². The van der Waals surface area contributed by atoms with Crippen LogP contribution in [0, 0.1) is 6.92 Å². The molecule has 0 aromatic carbocycles. The molecular formula is C11H17N3O. The third-order valence-electron chi connectivity index (χ3n) is 3.60. The fourth-order valence-corrected chi connectivity index (χ4v) is 2.76. The Kier molecular flexibility index (Phi) is 2.07. The number of rotatable bonds is 1. The van der Waals surface area contributed by atoms with Gasteiger partial charge in [-0.25, -0.2) is 4.98 Å². The van der Waals surface area contributed by atoms with Crippen LogP contribution in [0.1, 0.15) is 36.1 Å². The van der Waals surface area contributed by atoms with Gasteiger partial charge in [-0.2, -0.15) is 0 Å². The van der Waals surface area contributed by atoms with E-state index < -0.39 is 0 Å². The topological polar surface area (TPSA) is 50.1 Å². The highest BCUT2D eigenvalue weighted by Crippen LogP contribution is 2.28. The average Bonchev–Trinajstić information content (AvgIpc) is 2.85. The second kappa shape index (κ2) is 3.32. The summed E-state index contributed by atoms with van der Waals surface area (Å²) in [4.78, 5) is 4.66. The fourth-order valence-electron chi connectivity index (χ4n) is 2.76. The molecule has 3 rings (SSSR count). The molecule has 1 aromatic rings. The van der Waals surface area contributed by atoms with Gasteiger partial charge in [0, 0.05) is 18.7 Å². The molecule has 3 heterocycles. The maximum atomic E-state index is 9.85. The second-order valence-electron chi connectivity index (χ2n) is 4.54. The number of nitrogens with zero attached hydrogens (tertiary/aromatic N) is 2. The summed E-state index contributed by atoms with van der Waals surface area (Å²) in [6, 6.07) is 0.0584. The minimum atomic E-state index is -0.265. The highest BCUT2D eigenvalue weighted by Gasteiger charge is 2.31. The van der Waals surface area contributed by atoms with E-state index in [1.807, 2.05) is 0 Å². The molecule has 1 saturated heterocycles. The van der Waals surface area contributed by atoms with E-state index in [0.717, 1.165) is 31.6 Å². The molecule has 2 aliphatic rings. The summed E-state index contributed by atoms with van der Waals surface area (Å²) >= 11 is 0. The lowest BCUT2D eigenvalue weighted by atomic mass is 10.1. The first-order valence-electron chi connectivity index (χ1n) is 5.74. The van der Waals surface area contributed by atoms with Crippen LogP contribution in [0.15, 0.2) is 0 Å². The highest BCUT2D eigenvalue weighted by atomic mass is 16.3. The second-order valence-corrected chi connectivity index (χ2v) is 4.54. The third kappa shape index (κ3) is 1.32. The SMILES string of the molecule is Cc1c(C2NCCC2O)nc2n1CCC2. The van der Waals surface area contributed by atoms with Crippen LogP contribution >= 0.6 is 0 Å². The number of nitrogens with one attached hydrogen (secondary N) is 1. The van der Waals surface area contributed by atoms with E-state index in [9.17, 15) is 5.11 Å². The molecule has 0 radical (unpaired) electrons. The van der Waals surface area contributed by atoms with Crippen LogP contribution in [0.2, 0.25) is 0 Å². The Morgan fingerprint density at radius 1 is 1.53 bits per heavy atom. The highest BCUT2D eigenvalue weighted by molar-refractivity contribution is 5.23. The van der Waals surface area contributed by atoms with Crippen LogP contribution in [0.25, 0.3) is 0 Å². The van der Waals surface area contributed by atoms with Gasteiger partial charge in [0.2, 0.25) is 0 Å². The molecule has 1 aromatic heterocycles. The Balaban J connectivity index is 1.98.